The minimum atomic E-state index is -4.54. The number of alkyl halides is 3. The van der Waals surface area contributed by atoms with Crippen LogP contribution in [0.5, 0.6) is 0 Å². The first-order valence-electron chi connectivity index (χ1n) is 12.8. The first-order chi connectivity index (χ1) is 18.2. The minimum absolute atomic E-state index is 0.0330. The third-order valence-corrected chi connectivity index (χ3v) is 7.73. The van der Waals surface area contributed by atoms with E-state index in [0.29, 0.717) is 16.6 Å². The number of allylic oxidation sites excluding steroid dienone is 1. The summed E-state index contributed by atoms with van der Waals surface area (Å²) in [4.78, 5) is 18.1. The average molecular weight is 540 g/mol. The van der Waals surface area contributed by atoms with E-state index in [1.54, 1.807) is 18.2 Å². The Kier molecular flexibility index (Phi) is 7.48. The van der Waals surface area contributed by atoms with Gasteiger partial charge in [0, 0.05) is 18.7 Å². The van der Waals surface area contributed by atoms with Crippen LogP contribution in [0.2, 0.25) is 5.02 Å². The highest BCUT2D eigenvalue weighted by Crippen LogP contribution is 2.38. The Balaban J connectivity index is 1.56. The number of carbonyl (C=O) groups is 1. The SMILES string of the molecule is O=C(NC1CC2=CCCC(C2)C1)NC(Cc1ccccc1)(c1cccc(C(F)(F)F)c1)c1ccc(Cl)cn1. The van der Waals surface area contributed by atoms with Crippen LogP contribution in [0.15, 0.2) is 84.6 Å². The van der Waals surface area contributed by atoms with Crippen molar-refractivity contribution >= 4 is 17.6 Å². The summed E-state index contributed by atoms with van der Waals surface area (Å²) in [7, 11) is 0. The molecule has 2 aliphatic rings. The molecule has 3 aromatic rings. The van der Waals surface area contributed by atoms with E-state index in [9.17, 15) is 18.0 Å². The van der Waals surface area contributed by atoms with Crippen molar-refractivity contribution in [2.75, 3.05) is 0 Å². The molecule has 4 nitrogen and oxygen atoms in total. The highest BCUT2D eigenvalue weighted by Gasteiger charge is 2.41. The van der Waals surface area contributed by atoms with Crippen LogP contribution in [0, 0.1) is 5.92 Å². The smallest absolute Gasteiger partial charge is 0.335 e. The van der Waals surface area contributed by atoms with Gasteiger partial charge in [-0.15, -0.1) is 0 Å². The molecule has 2 bridgehead atoms. The molecule has 3 atom stereocenters. The van der Waals surface area contributed by atoms with Gasteiger partial charge < -0.3 is 10.6 Å². The summed E-state index contributed by atoms with van der Waals surface area (Å²) in [5.41, 5.74) is 0.689. The lowest BCUT2D eigenvalue weighted by Crippen LogP contribution is -2.55. The molecule has 0 radical (unpaired) electrons. The second-order valence-electron chi connectivity index (χ2n) is 10.3. The van der Waals surface area contributed by atoms with Gasteiger partial charge in [0.15, 0.2) is 0 Å². The van der Waals surface area contributed by atoms with Gasteiger partial charge in [0.05, 0.1) is 16.3 Å². The average Bonchev–Trinajstić information content (AvgIpc) is 2.88. The van der Waals surface area contributed by atoms with E-state index in [1.807, 2.05) is 30.3 Å². The second-order valence-corrected chi connectivity index (χ2v) is 10.7. The van der Waals surface area contributed by atoms with Crippen molar-refractivity contribution in [2.45, 2.75) is 56.3 Å². The van der Waals surface area contributed by atoms with Gasteiger partial charge >= 0.3 is 12.2 Å². The second kappa shape index (κ2) is 10.8. The number of pyridine rings is 1. The van der Waals surface area contributed by atoms with Crippen LogP contribution in [0.25, 0.3) is 0 Å². The zero-order valence-corrected chi connectivity index (χ0v) is 21.5. The summed E-state index contributed by atoms with van der Waals surface area (Å²) in [6.45, 7) is 0. The molecule has 38 heavy (non-hydrogen) atoms. The quantitative estimate of drug-likeness (QED) is 0.320. The van der Waals surface area contributed by atoms with E-state index in [1.165, 1.54) is 17.8 Å². The maximum atomic E-state index is 13.8. The molecule has 1 aromatic heterocycles. The molecule has 0 spiro atoms. The van der Waals surface area contributed by atoms with E-state index in [4.69, 9.17) is 11.6 Å². The van der Waals surface area contributed by atoms with E-state index >= 15 is 0 Å². The zero-order valence-electron chi connectivity index (χ0n) is 20.8. The maximum absolute atomic E-state index is 13.8. The molecule has 1 fully saturated rings. The minimum Gasteiger partial charge on any atom is -0.335 e. The van der Waals surface area contributed by atoms with Gasteiger partial charge in [-0.3, -0.25) is 4.98 Å². The number of hydrogen-bond acceptors (Lipinski definition) is 2. The summed E-state index contributed by atoms with van der Waals surface area (Å²) in [5, 5.41) is 6.58. The molecule has 8 heteroatoms. The molecule has 1 heterocycles. The number of fused-ring (bicyclic) bond motifs is 2. The number of rotatable bonds is 6. The molecule has 2 N–H and O–H groups in total. The largest absolute Gasteiger partial charge is 0.416 e. The van der Waals surface area contributed by atoms with Gasteiger partial charge in [0.2, 0.25) is 0 Å². The number of aromatic nitrogens is 1. The normalized spacial score (nSPS) is 20.7. The summed E-state index contributed by atoms with van der Waals surface area (Å²) in [5.74, 6) is 0.546. The molecule has 198 valence electrons. The Morgan fingerprint density at radius 3 is 2.50 bits per heavy atom. The van der Waals surface area contributed by atoms with Gasteiger partial charge in [-0.1, -0.05) is 65.7 Å². The molecule has 2 aliphatic carbocycles. The van der Waals surface area contributed by atoms with Crippen molar-refractivity contribution in [3.05, 3.63) is 112 Å². The Labute approximate surface area is 225 Å². The Bertz CT molecular complexity index is 1310. The first-order valence-corrected chi connectivity index (χ1v) is 13.2. The highest BCUT2D eigenvalue weighted by atomic mass is 35.5. The number of urea groups is 1. The number of nitrogens with one attached hydrogen (secondary N) is 2. The molecule has 2 aromatic carbocycles. The number of hydrogen-bond donors (Lipinski definition) is 2. The van der Waals surface area contributed by atoms with Crippen LogP contribution in [0.4, 0.5) is 18.0 Å². The van der Waals surface area contributed by atoms with Gasteiger partial charge in [0.25, 0.3) is 0 Å². The van der Waals surface area contributed by atoms with Crippen molar-refractivity contribution in [1.82, 2.24) is 15.6 Å². The van der Waals surface area contributed by atoms with E-state index in [2.05, 4.69) is 21.7 Å². The molecule has 5 rings (SSSR count). The predicted molar refractivity (Wildman–Crippen MR) is 142 cm³/mol. The lowest BCUT2D eigenvalue weighted by molar-refractivity contribution is -0.137. The van der Waals surface area contributed by atoms with Gasteiger partial charge in [-0.05, 0) is 73.4 Å². The van der Waals surface area contributed by atoms with E-state index in [-0.39, 0.29) is 18.0 Å². The lowest BCUT2D eigenvalue weighted by atomic mass is 9.76. The van der Waals surface area contributed by atoms with Gasteiger partial charge in [-0.2, -0.15) is 13.2 Å². The monoisotopic (exact) mass is 539 g/mol. The van der Waals surface area contributed by atoms with Gasteiger partial charge in [0.1, 0.15) is 5.54 Å². The summed E-state index contributed by atoms with van der Waals surface area (Å²) in [6, 6.07) is 17.2. The lowest BCUT2D eigenvalue weighted by Gasteiger charge is -2.38. The number of carbonyl (C=O) groups excluding carboxylic acids is 1. The summed E-state index contributed by atoms with van der Waals surface area (Å²) < 4.78 is 41.4. The summed E-state index contributed by atoms with van der Waals surface area (Å²) in [6.07, 6.45) is 4.31. The number of halogens is 4. The number of benzene rings is 2. The van der Waals surface area contributed by atoms with E-state index < -0.39 is 23.3 Å². The van der Waals surface area contributed by atoms with Crippen LogP contribution in [-0.4, -0.2) is 17.1 Å². The Hall–Kier alpha value is -3.32. The van der Waals surface area contributed by atoms with Crippen molar-refractivity contribution in [3.8, 4) is 0 Å². The third-order valence-electron chi connectivity index (χ3n) is 7.51. The third kappa shape index (κ3) is 5.88. The van der Waals surface area contributed by atoms with Crippen LogP contribution < -0.4 is 10.6 Å². The standard InChI is InChI=1S/C30H29ClF3N3O/c31-25-12-13-27(35-19-25)29(18-20-6-2-1-3-7-20,23-10-5-11-24(17-23)30(32,33)34)37-28(38)36-26-15-21-8-4-9-22(14-21)16-26/h1-3,5-8,10-13,17,19,22,26H,4,9,14-16,18H2,(H2,36,37,38). The zero-order chi connectivity index (χ0) is 26.8. The fourth-order valence-corrected chi connectivity index (χ4v) is 5.90. The van der Waals surface area contributed by atoms with Gasteiger partial charge in [-0.25, -0.2) is 4.79 Å². The fraction of sp³-hybridized carbons (Fsp3) is 0.333. The topological polar surface area (TPSA) is 54.0 Å². The highest BCUT2D eigenvalue weighted by molar-refractivity contribution is 6.30. The van der Waals surface area contributed by atoms with Crippen LogP contribution >= 0.6 is 11.6 Å². The maximum Gasteiger partial charge on any atom is 0.416 e. The van der Waals surface area contributed by atoms with E-state index in [0.717, 1.165) is 49.8 Å². The van der Waals surface area contributed by atoms with Crippen LogP contribution in [0.3, 0.4) is 0 Å². The van der Waals surface area contributed by atoms with Crippen molar-refractivity contribution in [2.24, 2.45) is 5.92 Å². The number of nitrogens with zero attached hydrogens (tertiary/aromatic N) is 1. The predicted octanol–water partition coefficient (Wildman–Crippen LogP) is 7.43. The summed E-state index contributed by atoms with van der Waals surface area (Å²) >= 11 is 6.12. The molecular formula is C30H29ClF3N3O. The van der Waals surface area contributed by atoms with Crippen molar-refractivity contribution in [1.29, 1.82) is 0 Å². The van der Waals surface area contributed by atoms with Crippen LogP contribution in [-0.2, 0) is 18.1 Å². The fourth-order valence-electron chi connectivity index (χ4n) is 5.79. The van der Waals surface area contributed by atoms with Crippen molar-refractivity contribution in [3.63, 3.8) is 0 Å². The molecule has 2 amide bonds. The van der Waals surface area contributed by atoms with Crippen LogP contribution in [0.1, 0.15) is 54.5 Å². The Morgan fingerprint density at radius 1 is 1.00 bits per heavy atom. The first kappa shape index (κ1) is 26.3. The molecule has 0 aliphatic heterocycles. The Morgan fingerprint density at radius 2 is 1.79 bits per heavy atom. The molecular weight excluding hydrogens is 511 g/mol. The number of amides is 2. The molecule has 0 saturated heterocycles. The molecule has 1 saturated carbocycles. The van der Waals surface area contributed by atoms with Crippen molar-refractivity contribution < 1.29 is 18.0 Å². The molecule has 3 unspecified atom stereocenters.